The van der Waals surface area contributed by atoms with Crippen LogP contribution in [0.1, 0.15) is 5.56 Å². The van der Waals surface area contributed by atoms with Crippen LogP contribution in [-0.2, 0) is 6.54 Å². The van der Waals surface area contributed by atoms with E-state index in [-0.39, 0.29) is 0 Å². The third-order valence-electron chi connectivity index (χ3n) is 2.42. The molecule has 4 heteroatoms. The highest BCUT2D eigenvalue weighted by Crippen LogP contribution is 2.22. The quantitative estimate of drug-likeness (QED) is 0.813. The van der Waals surface area contributed by atoms with Crippen molar-refractivity contribution in [1.82, 2.24) is 10.3 Å². The molecule has 0 unspecified atom stereocenters. The number of halogens is 1. The third kappa shape index (κ3) is 4.02. The summed E-state index contributed by atoms with van der Waals surface area (Å²) < 4.78 is 5.56. The van der Waals surface area contributed by atoms with Crippen molar-refractivity contribution in [2.75, 3.05) is 13.2 Å². The first-order chi connectivity index (χ1) is 8.86. The minimum Gasteiger partial charge on any atom is -0.491 e. The summed E-state index contributed by atoms with van der Waals surface area (Å²) in [6, 6.07) is 11.4. The van der Waals surface area contributed by atoms with Crippen molar-refractivity contribution < 1.29 is 4.74 Å². The van der Waals surface area contributed by atoms with Gasteiger partial charge in [-0.25, -0.2) is 0 Å². The van der Waals surface area contributed by atoms with Gasteiger partial charge < -0.3 is 10.1 Å². The van der Waals surface area contributed by atoms with Crippen LogP contribution >= 0.6 is 11.6 Å². The van der Waals surface area contributed by atoms with Crippen LogP contribution in [0.5, 0.6) is 5.75 Å². The van der Waals surface area contributed by atoms with Crippen LogP contribution in [0.3, 0.4) is 0 Å². The maximum absolute atomic E-state index is 5.98. The summed E-state index contributed by atoms with van der Waals surface area (Å²) in [5, 5.41) is 3.93. The Morgan fingerprint density at radius 3 is 2.83 bits per heavy atom. The van der Waals surface area contributed by atoms with Crippen LogP contribution in [0.2, 0.25) is 5.02 Å². The first-order valence-corrected chi connectivity index (χ1v) is 6.21. The smallest absolute Gasteiger partial charge is 0.137 e. The Morgan fingerprint density at radius 1 is 1.17 bits per heavy atom. The van der Waals surface area contributed by atoms with Crippen LogP contribution in [0.25, 0.3) is 0 Å². The van der Waals surface area contributed by atoms with E-state index in [9.17, 15) is 0 Å². The number of benzene rings is 1. The lowest BCUT2D eigenvalue weighted by Gasteiger charge is -2.08. The van der Waals surface area contributed by atoms with Gasteiger partial charge in [0.15, 0.2) is 0 Å². The Hall–Kier alpha value is -1.58. The zero-order chi connectivity index (χ0) is 12.6. The minimum atomic E-state index is 0.587. The topological polar surface area (TPSA) is 34.1 Å². The molecule has 0 aliphatic rings. The summed E-state index contributed by atoms with van der Waals surface area (Å²) in [6.45, 7) is 2.14. The summed E-state index contributed by atoms with van der Waals surface area (Å²) in [5.74, 6) is 0.724. The van der Waals surface area contributed by atoms with Gasteiger partial charge in [0.2, 0.25) is 0 Å². The lowest BCUT2D eigenvalue weighted by Crippen LogP contribution is -2.20. The van der Waals surface area contributed by atoms with E-state index in [2.05, 4.69) is 10.3 Å². The molecular formula is C14H15ClN2O. The molecule has 3 nitrogen and oxygen atoms in total. The second kappa shape index (κ2) is 6.99. The molecule has 0 spiro atoms. The van der Waals surface area contributed by atoms with Crippen molar-refractivity contribution in [3.8, 4) is 5.75 Å². The molecule has 0 saturated heterocycles. The predicted molar refractivity (Wildman–Crippen MR) is 72.9 cm³/mol. The van der Waals surface area contributed by atoms with Crippen molar-refractivity contribution in [3.05, 3.63) is 59.4 Å². The number of rotatable bonds is 6. The standard InChI is InChI=1S/C14H15ClN2O/c15-13-5-1-2-6-14(13)18-9-8-17-11-12-4-3-7-16-10-12/h1-7,10,17H,8-9,11H2. The molecule has 1 aromatic carbocycles. The lowest BCUT2D eigenvalue weighted by molar-refractivity contribution is 0.314. The maximum atomic E-state index is 5.98. The highest BCUT2D eigenvalue weighted by molar-refractivity contribution is 6.32. The van der Waals surface area contributed by atoms with Crippen molar-refractivity contribution in [2.45, 2.75) is 6.54 Å². The van der Waals surface area contributed by atoms with Crippen molar-refractivity contribution in [1.29, 1.82) is 0 Å². The zero-order valence-corrected chi connectivity index (χ0v) is 10.7. The number of hydrogen-bond acceptors (Lipinski definition) is 3. The van der Waals surface area contributed by atoms with Gasteiger partial charge in [-0.1, -0.05) is 29.8 Å². The number of aromatic nitrogens is 1. The Labute approximate surface area is 112 Å². The highest BCUT2D eigenvalue weighted by atomic mass is 35.5. The largest absolute Gasteiger partial charge is 0.491 e. The molecule has 0 fully saturated rings. The molecule has 0 aliphatic heterocycles. The van der Waals surface area contributed by atoms with Crippen LogP contribution in [-0.4, -0.2) is 18.1 Å². The lowest BCUT2D eigenvalue weighted by atomic mass is 10.3. The summed E-state index contributed by atoms with van der Waals surface area (Å²) in [4.78, 5) is 4.05. The van der Waals surface area contributed by atoms with Gasteiger partial charge in [0.1, 0.15) is 12.4 Å². The molecule has 1 aromatic heterocycles. The first kappa shape index (κ1) is 12.9. The second-order valence-corrected chi connectivity index (χ2v) is 4.22. The van der Waals surface area contributed by atoms with Gasteiger partial charge in [0.25, 0.3) is 0 Å². The van der Waals surface area contributed by atoms with E-state index in [0.29, 0.717) is 11.6 Å². The number of para-hydroxylation sites is 1. The predicted octanol–water partition coefficient (Wildman–Crippen LogP) is 2.90. The van der Waals surface area contributed by atoms with E-state index in [0.717, 1.165) is 24.4 Å². The highest BCUT2D eigenvalue weighted by Gasteiger charge is 1.98. The molecule has 0 saturated carbocycles. The molecule has 0 amide bonds. The van der Waals surface area contributed by atoms with Crippen LogP contribution < -0.4 is 10.1 Å². The fourth-order valence-electron chi connectivity index (χ4n) is 1.53. The third-order valence-corrected chi connectivity index (χ3v) is 2.74. The molecule has 0 radical (unpaired) electrons. The number of nitrogens with one attached hydrogen (secondary N) is 1. The van der Waals surface area contributed by atoms with Gasteiger partial charge in [-0.05, 0) is 23.8 Å². The summed E-state index contributed by atoms with van der Waals surface area (Å²) in [7, 11) is 0. The Balaban J connectivity index is 1.66. The molecule has 94 valence electrons. The molecule has 0 bridgehead atoms. The van der Waals surface area contributed by atoms with E-state index in [1.54, 1.807) is 6.20 Å². The summed E-state index contributed by atoms with van der Waals surface area (Å²) in [6.07, 6.45) is 3.62. The van der Waals surface area contributed by atoms with Gasteiger partial charge in [-0.15, -0.1) is 0 Å². The Morgan fingerprint density at radius 2 is 2.06 bits per heavy atom. The fourth-order valence-corrected chi connectivity index (χ4v) is 1.72. The van der Waals surface area contributed by atoms with Crippen LogP contribution in [0, 0.1) is 0 Å². The number of ether oxygens (including phenoxy) is 1. The van der Waals surface area contributed by atoms with Crippen molar-refractivity contribution in [2.24, 2.45) is 0 Å². The SMILES string of the molecule is Clc1ccccc1OCCNCc1cccnc1. The number of pyridine rings is 1. The van der Waals surface area contributed by atoms with Crippen molar-refractivity contribution >= 4 is 11.6 Å². The molecule has 1 N–H and O–H groups in total. The van der Waals surface area contributed by atoms with Crippen LogP contribution in [0.4, 0.5) is 0 Å². The average molecular weight is 263 g/mol. The molecule has 2 rings (SSSR count). The van der Waals surface area contributed by atoms with Gasteiger partial charge in [0, 0.05) is 25.5 Å². The molecule has 18 heavy (non-hydrogen) atoms. The number of hydrogen-bond donors (Lipinski definition) is 1. The van der Waals surface area contributed by atoms with E-state index in [1.165, 1.54) is 0 Å². The normalized spacial score (nSPS) is 10.3. The first-order valence-electron chi connectivity index (χ1n) is 5.83. The summed E-state index contributed by atoms with van der Waals surface area (Å²) >= 11 is 5.98. The van der Waals surface area contributed by atoms with E-state index in [1.807, 2.05) is 42.6 Å². The minimum absolute atomic E-state index is 0.587. The molecular weight excluding hydrogens is 248 g/mol. The van der Waals surface area contributed by atoms with Gasteiger partial charge in [0.05, 0.1) is 5.02 Å². The molecule has 0 aliphatic carbocycles. The molecule has 2 aromatic rings. The summed E-state index contributed by atoms with van der Waals surface area (Å²) in [5.41, 5.74) is 1.16. The Kier molecular flexibility index (Phi) is 5.00. The van der Waals surface area contributed by atoms with Gasteiger partial charge in [-0.2, -0.15) is 0 Å². The second-order valence-electron chi connectivity index (χ2n) is 3.82. The fraction of sp³-hybridized carbons (Fsp3) is 0.214. The van der Waals surface area contributed by atoms with E-state index in [4.69, 9.17) is 16.3 Å². The van der Waals surface area contributed by atoms with Crippen LogP contribution in [0.15, 0.2) is 48.8 Å². The monoisotopic (exact) mass is 262 g/mol. The average Bonchev–Trinajstić information content (AvgIpc) is 2.42. The van der Waals surface area contributed by atoms with Gasteiger partial charge in [-0.3, -0.25) is 4.98 Å². The zero-order valence-electron chi connectivity index (χ0n) is 9.97. The van der Waals surface area contributed by atoms with E-state index < -0.39 is 0 Å². The van der Waals surface area contributed by atoms with E-state index >= 15 is 0 Å². The molecule has 0 atom stereocenters. The number of nitrogens with zero attached hydrogens (tertiary/aromatic N) is 1. The van der Waals surface area contributed by atoms with Crippen molar-refractivity contribution in [3.63, 3.8) is 0 Å². The molecule has 1 heterocycles. The Bertz CT molecular complexity index is 476. The van der Waals surface area contributed by atoms with Gasteiger partial charge >= 0.3 is 0 Å². The maximum Gasteiger partial charge on any atom is 0.137 e.